The van der Waals surface area contributed by atoms with E-state index in [1.807, 2.05) is 6.92 Å². The molecule has 1 heterocycles. The Kier molecular flexibility index (Phi) is 8.59. The van der Waals surface area contributed by atoms with E-state index in [2.05, 4.69) is 41.4 Å². The molecule has 0 radical (unpaired) electrons. The molecular weight excluding hydrogens is 310 g/mol. The SMILES string of the molecule is CCC(C)C(N)C(=O)NCc1ccc(CN2CCCC2)cc1.Cl. The van der Waals surface area contributed by atoms with Crippen LogP contribution in [-0.2, 0) is 17.9 Å². The van der Waals surface area contributed by atoms with E-state index in [0.29, 0.717) is 6.54 Å². The molecule has 0 aromatic heterocycles. The summed E-state index contributed by atoms with van der Waals surface area (Å²) < 4.78 is 0. The minimum atomic E-state index is -0.417. The number of benzene rings is 1. The topological polar surface area (TPSA) is 58.4 Å². The molecule has 130 valence electrons. The molecule has 1 aromatic rings. The van der Waals surface area contributed by atoms with E-state index < -0.39 is 6.04 Å². The van der Waals surface area contributed by atoms with E-state index >= 15 is 0 Å². The van der Waals surface area contributed by atoms with Gasteiger partial charge in [-0.3, -0.25) is 9.69 Å². The first-order valence-electron chi connectivity index (χ1n) is 8.43. The van der Waals surface area contributed by atoms with Crippen molar-refractivity contribution in [3.05, 3.63) is 35.4 Å². The Balaban J connectivity index is 0.00000264. The molecule has 1 aliphatic rings. The minimum absolute atomic E-state index is 0. The Morgan fingerprint density at radius 1 is 1.22 bits per heavy atom. The van der Waals surface area contributed by atoms with Crippen molar-refractivity contribution in [3.63, 3.8) is 0 Å². The molecule has 5 heteroatoms. The highest BCUT2D eigenvalue weighted by atomic mass is 35.5. The Labute approximate surface area is 146 Å². The monoisotopic (exact) mass is 339 g/mol. The molecule has 0 aliphatic carbocycles. The largest absolute Gasteiger partial charge is 0.351 e. The summed E-state index contributed by atoms with van der Waals surface area (Å²) in [5, 5.41) is 2.93. The number of nitrogens with two attached hydrogens (primary N) is 1. The van der Waals surface area contributed by atoms with E-state index in [1.54, 1.807) is 0 Å². The highest BCUT2D eigenvalue weighted by Crippen LogP contribution is 2.13. The van der Waals surface area contributed by atoms with E-state index in [4.69, 9.17) is 5.73 Å². The molecule has 3 N–H and O–H groups in total. The van der Waals surface area contributed by atoms with Crippen molar-refractivity contribution >= 4 is 18.3 Å². The maximum Gasteiger partial charge on any atom is 0.237 e. The molecule has 0 bridgehead atoms. The van der Waals surface area contributed by atoms with Crippen LogP contribution in [0.2, 0.25) is 0 Å². The summed E-state index contributed by atoms with van der Waals surface area (Å²) in [5.74, 6) is 0.151. The average molecular weight is 340 g/mol. The number of amides is 1. The van der Waals surface area contributed by atoms with E-state index in [1.165, 1.54) is 31.5 Å². The van der Waals surface area contributed by atoms with Crippen LogP contribution in [0.1, 0.15) is 44.2 Å². The fourth-order valence-corrected chi connectivity index (χ4v) is 2.78. The second kappa shape index (κ2) is 9.91. The smallest absolute Gasteiger partial charge is 0.237 e. The number of nitrogens with one attached hydrogen (secondary N) is 1. The van der Waals surface area contributed by atoms with E-state index in [0.717, 1.165) is 18.5 Å². The molecule has 1 aromatic carbocycles. The van der Waals surface area contributed by atoms with Crippen LogP contribution in [0, 0.1) is 5.92 Å². The summed E-state index contributed by atoms with van der Waals surface area (Å²) in [6.45, 7) is 8.07. The lowest BCUT2D eigenvalue weighted by Gasteiger charge is -2.18. The Bertz CT molecular complexity index is 472. The van der Waals surface area contributed by atoms with Crippen LogP contribution in [0.25, 0.3) is 0 Å². The van der Waals surface area contributed by atoms with Crippen LogP contribution in [-0.4, -0.2) is 29.9 Å². The normalized spacial score (nSPS) is 17.3. The third-order valence-electron chi connectivity index (χ3n) is 4.65. The van der Waals surface area contributed by atoms with Crippen molar-refractivity contribution in [2.24, 2.45) is 11.7 Å². The molecule has 1 amide bonds. The zero-order valence-corrected chi connectivity index (χ0v) is 15.1. The van der Waals surface area contributed by atoms with Gasteiger partial charge in [0.05, 0.1) is 6.04 Å². The van der Waals surface area contributed by atoms with E-state index in [9.17, 15) is 4.79 Å². The standard InChI is InChI=1S/C18H29N3O.ClH/c1-3-14(2)17(19)18(22)20-12-15-6-8-16(9-7-15)13-21-10-4-5-11-21;/h6-9,14,17H,3-5,10-13,19H2,1-2H3,(H,20,22);1H. The number of rotatable bonds is 7. The Hall–Kier alpha value is -1.10. The number of carbonyl (C=O) groups excluding carboxylic acids is 1. The van der Waals surface area contributed by atoms with E-state index in [-0.39, 0.29) is 24.2 Å². The molecular formula is C18H30ClN3O. The molecule has 2 rings (SSSR count). The van der Waals surface area contributed by atoms with Gasteiger partial charge < -0.3 is 11.1 Å². The number of carbonyl (C=O) groups is 1. The number of likely N-dealkylation sites (tertiary alicyclic amines) is 1. The van der Waals surface area contributed by atoms with Crippen molar-refractivity contribution in [2.75, 3.05) is 13.1 Å². The highest BCUT2D eigenvalue weighted by Gasteiger charge is 2.18. The number of hydrogen-bond donors (Lipinski definition) is 2. The lowest BCUT2D eigenvalue weighted by molar-refractivity contribution is -0.123. The molecule has 1 aliphatic heterocycles. The van der Waals surface area contributed by atoms with Crippen molar-refractivity contribution in [1.29, 1.82) is 0 Å². The highest BCUT2D eigenvalue weighted by molar-refractivity contribution is 5.85. The summed E-state index contributed by atoms with van der Waals surface area (Å²) in [5.41, 5.74) is 8.39. The quantitative estimate of drug-likeness (QED) is 0.803. The minimum Gasteiger partial charge on any atom is -0.351 e. The predicted octanol–water partition coefficient (Wildman–Crippen LogP) is 2.69. The van der Waals surface area contributed by atoms with Crippen molar-refractivity contribution in [1.82, 2.24) is 10.2 Å². The molecule has 4 nitrogen and oxygen atoms in total. The van der Waals surface area contributed by atoms with Crippen LogP contribution < -0.4 is 11.1 Å². The fraction of sp³-hybridized carbons (Fsp3) is 0.611. The summed E-state index contributed by atoms with van der Waals surface area (Å²) in [6.07, 6.45) is 3.56. The van der Waals surface area contributed by atoms with Gasteiger partial charge in [-0.1, -0.05) is 44.5 Å². The van der Waals surface area contributed by atoms with Crippen LogP contribution >= 0.6 is 12.4 Å². The maximum absolute atomic E-state index is 12.0. The zero-order valence-electron chi connectivity index (χ0n) is 14.3. The van der Waals surface area contributed by atoms with Gasteiger partial charge in [-0.15, -0.1) is 12.4 Å². The van der Waals surface area contributed by atoms with Gasteiger partial charge >= 0.3 is 0 Å². The molecule has 1 fully saturated rings. The van der Waals surface area contributed by atoms with Crippen molar-refractivity contribution in [2.45, 2.75) is 52.2 Å². The maximum atomic E-state index is 12.0. The zero-order chi connectivity index (χ0) is 15.9. The van der Waals surface area contributed by atoms with Crippen molar-refractivity contribution in [3.8, 4) is 0 Å². The number of nitrogens with zero attached hydrogens (tertiary/aromatic N) is 1. The first kappa shape index (κ1) is 19.9. The van der Waals surface area contributed by atoms with Gasteiger partial charge in [0.25, 0.3) is 0 Å². The van der Waals surface area contributed by atoms with Crippen molar-refractivity contribution < 1.29 is 4.79 Å². The van der Waals surface area contributed by atoms with Gasteiger partial charge in [0.15, 0.2) is 0 Å². The van der Waals surface area contributed by atoms with Gasteiger partial charge in [0.2, 0.25) is 5.91 Å². The first-order valence-corrected chi connectivity index (χ1v) is 8.43. The summed E-state index contributed by atoms with van der Waals surface area (Å²) >= 11 is 0. The Morgan fingerprint density at radius 3 is 2.35 bits per heavy atom. The Morgan fingerprint density at radius 2 is 1.78 bits per heavy atom. The molecule has 2 atom stereocenters. The van der Waals surface area contributed by atoms with Crippen LogP contribution in [0.4, 0.5) is 0 Å². The average Bonchev–Trinajstić information content (AvgIpc) is 3.05. The second-order valence-corrected chi connectivity index (χ2v) is 6.43. The first-order chi connectivity index (χ1) is 10.6. The van der Waals surface area contributed by atoms with Gasteiger partial charge in [0.1, 0.15) is 0 Å². The van der Waals surface area contributed by atoms with Gasteiger partial charge in [-0.2, -0.15) is 0 Å². The third-order valence-corrected chi connectivity index (χ3v) is 4.65. The number of hydrogen-bond acceptors (Lipinski definition) is 3. The lowest BCUT2D eigenvalue weighted by atomic mass is 9.99. The summed E-state index contributed by atoms with van der Waals surface area (Å²) in [6, 6.07) is 8.10. The predicted molar refractivity (Wildman–Crippen MR) is 97.5 cm³/mol. The number of halogens is 1. The molecule has 23 heavy (non-hydrogen) atoms. The molecule has 0 spiro atoms. The lowest BCUT2D eigenvalue weighted by Crippen LogP contribution is -2.44. The summed E-state index contributed by atoms with van der Waals surface area (Å²) in [7, 11) is 0. The molecule has 0 saturated carbocycles. The van der Waals surface area contributed by atoms with Crippen LogP contribution in [0.3, 0.4) is 0 Å². The van der Waals surface area contributed by atoms with Crippen LogP contribution in [0.15, 0.2) is 24.3 Å². The third kappa shape index (κ3) is 6.13. The van der Waals surface area contributed by atoms with Gasteiger partial charge in [0, 0.05) is 13.1 Å². The van der Waals surface area contributed by atoms with Gasteiger partial charge in [-0.25, -0.2) is 0 Å². The van der Waals surface area contributed by atoms with Crippen LogP contribution in [0.5, 0.6) is 0 Å². The second-order valence-electron chi connectivity index (χ2n) is 6.43. The molecule has 2 unspecified atom stereocenters. The van der Waals surface area contributed by atoms with Gasteiger partial charge in [-0.05, 0) is 43.0 Å². The summed E-state index contributed by atoms with van der Waals surface area (Å²) in [4.78, 5) is 14.5. The molecule has 1 saturated heterocycles. The fourth-order valence-electron chi connectivity index (χ4n) is 2.78.